The van der Waals surface area contributed by atoms with Crippen LogP contribution in [0.4, 0.5) is 5.82 Å². The first-order valence-electron chi connectivity index (χ1n) is 6.24. The fourth-order valence-corrected chi connectivity index (χ4v) is 1.92. The quantitative estimate of drug-likeness (QED) is 0.685. The van der Waals surface area contributed by atoms with Crippen molar-refractivity contribution in [1.82, 2.24) is 4.98 Å². The summed E-state index contributed by atoms with van der Waals surface area (Å²) in [5.74, 6) is 1.05. The van der Waals surface area contributed by atoms with Gasteiger partial charge >= 0.3 is 0 Å². The molecule has 0 radical (unpaired) electrons. The molecule has 3 N–H and O–H groups in total. The number of fused-ring (bicyclic) bond motifs is 1. The summed E-state index contributed by atoms with van der Waals surface area (Å²) >= 11 is 0. The molecule has 0 atom stereocenters. The molecule has 4 nitrogen and oxygen atoms in total. The van der Waals surface area contributed by atoms with E-state index >= 15 is 0 Å². The number of nitrogens with one attached hydrogen (secondary N) is 1. The first-order valence-corrected chi connectivity index (χ1v) is 6.24. The maximum Gasteiger partial charge on any atom is 0.133 e. The Labute approximate surface area is 106 Å². The van der Waals surface area contributed by atoms with Crippen molar-refractivity contribution in [2.45, 2.75) is 19.3 Å². The standard InChI is InChI=1S/C14H18N2O2/c17-9-3-1-2-7-15-14-13-10-12(18)5-4-11(13)6-8-16-14/h4-6,8,10,17-18H,1-3,7,9H2,(H,15,16). The van der Waals surface area contributed by atoms with Gasteiger partial charge in [-0.25, -0.2) is 4.98 Å². The zero-order valence-corrected chi connectivity index (χ0v) is 10.3. The smallest absolute Gasteiger partial charge is 0.133 e. The third-order valence-corrected chi connectivity index (χ3v) is 2.88. The van der Waals surface area contributed by atoms with E-state index in [4.69, 9.17) is 5.11 Å². The van der Waals surface area contributed by atoms with E-state index in [1.807, 2.05) is 12.1 Å². The van der Waals surface area contributed by atoms with Crippen LogP contribution in [0.5, 0.6) is 5.75 Å². The van der Waals surface area contributed by atoms with Crippen LogP contribution in [0.3, 0.4) is 0 Å². The van der Waals surface area contributed by atoms with E-state index in [2.05, 4.69) is 10.3 Å². The first kappa shape index (κ1) is 12.6. The lowest BCUT2D eigenvalue weighted by Gasteiger charge is -2.08. The van der Waals surface area contributed by atoms with Gasteiger partial charge in [-0.15, -0.1) is 0 Å². The number of phenolic OH excluding ortho intramolecular Hbond substituents is 1. The van der Waals surface area contributed by atoms with Gasteiger partial charge in [0.15, 0.2) is 0 Å². The lowest BCUT2D eigenvalue weighted by atomic mass is 10.1. The number of phenols is 1. The summed E-state index contributed by atoms with van der Waals surface area (Å²) in [5.41, 5.74) is 0. The number of benzene rings is 1. The van der Waals surface area contributed by atoms with Gasteiger partial charge in [-0.3, -0.25) is 0 Å². The number of hydrogen-bond donors (Lipinski definition) is 3. The molecule has 2 rings (SSSR count). The predicted octanol–water partition coefficient (Wildman–Crippen LogP) is 2.51. The topological polar surface area (TPSA) is 65.4 Å². The summed E-state index contributed by atoms with van der Waals surface area (Å²) in [7, 11) is 0. The lowest BCUT2D eigenvalue weighted by Crippen LogP contribution is -2.04. The van der Waals surface area contributed by atoms with Crippen LogP contribution in [0, 0.1) is 0 Å². The molecule has 0 aliphatic rings. The Morgan fingerprint density at radius 1 is 1.11 bits per heavy atom. The summed E-state index contributed by atoms with van der Waals surface area (Å²) in [4.78, 5) is 4.29. The third-order valence-electron chi connectivity index (χ3n) is 2.88. The van der Waals surface area contributed by atoms with Crippen molar-refractivity contribution in [1.29, 1.82) is 0 Å². The zero-order valence-electron chi connectivity index (χ0n) is 10.3. The minimum Gasteiger partial charge on any atom is -0.508 e. The highest BCUT2D eigenvalue weighted by molar-refractivity contribution is 5.92. The highest BCUT2D eigenvalue weighted by atomic mass is 16.3. The molecule has 0 saturated carbocycles. The zero-order chi connectivity index (χ0) is 12.8. The largest absolute Gasteiger partial charge is 0.508 e. The number of aromatic hydroxyl groups is 1. The molecule has 0 unspecified atom stereocenters. The molecule has 0 spiro atoms. The van der Waals surface area contributed by atoms with Crippen LogP contribution in [0.25, 0.3) is 10.8 Å². The van der Waals surface area contributed by atoms with E-state index in [1.54, 1.807) is 18.3 Å². The molecule has 0 saturated heterocycles. The molecular formula is C14H18N2O2. The number of hydrogen-bond acceptors (Lipinski definition) is 4. The van der Waals surface area contributed by atoms with Gasteiger partial charge in [0.2, 0.25) is 0 Å². The second kappa shape index (κ2) is 6.21. The monoisotopic (exact) mass is 246 g/mol. The van der Waals surface area contributed by atoms with E-state index in [9.17, 15) is 5.11 Å². The van der Waals surface area contributed by atoms with E-state index in [1.165, 1.54) is 0 Å². The van der Waals surface area contributed by atoms with Crippen molar-refractivity contribution in [2.75, 3.05) is 18.5 Å². The van der Waals surface area contributed by atoms with Crippen LogP contribution in [0.15, 0.2) is 30.5 Å². The Kier molecular flexibility index (Phi) is 4.36. The number of aliphatic hydroxyl groups is 1. The Balaban J connectivity index is 2.05. The highest BCUT2D eigenvalue weighted by Crippen LogP contribution is 2.24. The maximum atomic E-state index is 9.51. The normalized spacial score (nSPS) is 10.7. The number of pyridine rings is 1. The summed E-state index contributed by atoms with van der Waals surface area (Å²) in [6, 6.07) is 7.20. The molecular weight excluding hydrogens is 228 g/mol. The molecule has 1 heterocycles. The van der Waals surface area contributed by atoms with Gasteiger partial charge in [-0.1, -0.05) is 6.07 Å². The second-order valence-corrected chi connectivity index (χ2v) is 4.28. The van der Waals surface area contributed by atoms with Crippen molar-refractivity contribution in [3.05, 3.63) is 30.5 Å². The molecule has 18 heavy (non-hydrogen) atoms. The number of nitrogens with zero attached hydrogens (tertiary/aromatic N) is 1. The van der Waals surface area contributed by atoms with Gasteiger partial charge in [-0.05, 0) is 42.8 Å². The fourth-order valence-electron chi connectivity index (χ4n) is 1.92. The Hall–Kier alpha value is -1.81. The third kappa shape index (κ3) is 3.11. The van der Waals surface area contributed by atoms with Crippen LogP contribution in [-0.2, 0) is 0 Å². The van der Waals surface area contributed by atoms with E-state index in [0.717, 1.165) is 42.4 Å². The highest BCUT2D eigenvalue weighted by Gasteiger charge is 2.02. The minimum atomic E-state index is 0.249. The fraction of sp³-hybridized carbons (Fsp3) is 0.357. The van der Waals surface area contributed by atoms with Gasteiger partial charge in [-0.2, -0.15) is 0 Å². The van der Waals surface area contributed by atoms with E-state index in [-0.39, 0.29) is 12.4 Å². The average Bonchev–Trinajstić information content (AvgIpc) is 2.39. The molecule has 1 aromatic heterocycles. The Morgan fingerprint density at radius 3 is 2.83 bits per heavy atom. The van der Waals surface area contributed by atoms with Gasteiger partial charge in [0.25, 0.3) is 0 Å². The van der Waals surface area contributed by atoms with Crippen molar-refractivity contribution < 1.29 is 10.2 Å². The van der Waals surface area contributed by atoms with Crippen LogP contribution in [-0.4, -0.2) is 28.3 Å². The lowest BCUT2D eigenvalue weighted by molar-refractivity contribution is 0.283. The number of anilines is 1. The van der Waals surface area contributed by atoms with Crippen molar-refractivity contribution >= 4 is 16.6 Å². The van der Waals surface area contributed by atoms with Crippen LogP contribution >= 0.6 is 0 Å². The van der Waals surface area contributed by atoms with Gasteiger partial charge in [0, 0.05) is 24.7 Å². The molecule has 0 amide bonds. The molecule has 96 valence electrons. The Bertz CT molecular complexity index is 514. The van der Waals surface area contributed by atoms with Crippen molar-refractivity contribution in [3.63, 3.8) is 0 Å². The summed E-state index contributed by atoms with van der Waals surface area (Å²) in [6.07, 6.45) is 4.60. The molecule has 2 aromatic rings. The number of aromatic nitrogens is 1. The summed E-state index contributed by atoms with van der Waals surface area (Å²) < 4.78 is 0. The maximum absolute atomic E-state index is 9.51. The van der Waals surface area contributed by atoms with Crippen LogP contribution < -0.4 is 5.32 Å². The molecule has 0 aliphatic heterocycles. The molecule has 4 heteroatoms. The average molecular weight is 246 g/mol. The predicted molar refractivity (Wildman–Crippen MR) is 72.8 cm³/mol. The number of rotatable bonds is 6. The van der Waals surface area contributed by atoms with E-state index < -0.39 is 0 Å². The summed E-state index contributed by atoms with van der Waals surface area (Å²) in [5, 5.41) is 23.5. The minimum absolute atomic E-state index is 0.249. The SMILES string of the molecule is OCCCCCNc1nccc2ccc(O)cc12. The first-order chi connectivity index (χ1) is 8.81. The van der Waals surface area contributed by atoms with Crippen LogP contribution in [0.1, 0.15) is 19.3 Å². The van der Waals surface area contributed by atoms with Crippen molar-refractivity contribution in [3.8, 4) is 5.75 Å². The number of aliphatic hydroxyl groups excluding tert-OH is 1. The van der Waals surface area contributed by atoms with E-state index in [0.29, 0.717) is 0 Å². The van der Waals surface area contributed by atoms with Crippen LogP contribution in [0.2, 0.25) is 0 Å². The summed E-state index contributed by atoms with van der Waals surface area (Å²) in [6.45, 7) is 1.07. The Morgan fingerprint density at radius 2 is 2.00 bits per heavy atom. The number of unbranched alkanes of at least 4 members (excludes halogenated alkanes) is 2. The van der Waals surface area contributed by atoms with Crippen molar-refractivity contribution in [2.24, 2.45) is 0 Å². The van der Waals surface area contributed by atoms with Gasteiger partial charge in [0.05, 0.1) is 0 Å². The van der Waals surface area contributed by atoms with Gasteiger partial charge in [0.1, 0.15) is 11.6 Å². The molecule has 1 aromatic carbocycles. The molecule has 0 aliphatic carbocycles. The molecule has 0 fully saturated rings. The van der Waals surface area contributed by atoms with Gasteiger partial charge < -0.3 is 15.5 Å². The molecule has 0 bridgehead atoms. The second-order valence-electron chi connectivity index (χ2n) is 4.28.